The van der Waals surface area contributed by atoms with Crippen molar-refractivity contribution in [2.45, 2.75) is 132 Å². The number of ether oxygens (including phenoxy) is 6. The number of aliphatic hydroxyl groups is 2. The predicted octanol–water partition coefficient (Wildman–Crippen LogP) is 3.26. The van der Waals surface area contributed by atoms with Crippen LogP contribution in [0.2, 0.25) is 0 Å². The number of aromatic hydroxyl groups is 1. The third-order valence-corrected chi connectivity index (χ3v) is 26.6. The molecule has 8 aromatic rings. The highest BCUT2D eigenvalue weighted by molar-refractivity contribution is 7.92. The molecule has 35 nitrogen and oxygen atoms in total. The number of aliphatic hydroxyl groups excluding tert-OH is 1. The highest BCUT2D eigenvalue weighted by atomic mass is 32.2. The number of allylic oxidation sites excluding steroid dienone is 1. The molecule has 0 spiro atoms. The monoisotopic (exact) mass is 1610 g/mol. The Morgan fingerprint density at radius 3 is 2.22 bits per heavy atom. The van der Waals surface area contributed by atoms with E-state index in [1.807, 2.05) is 4.90 Å². The molecule has 14 bridgehead atoms. The lowest BCUT2D eigenvalue weighted by atomic mass is 9.85. The van der Waals surface area contributed by atoms with Crippen LogP contribution < -0.4 is 32.3 Å². The molecule has 12 atom stereocenters. The van der Waals surface area contributed by atoms with Crippen LogP contribution in [-0.4, -0.2) is 234 Å². The summed E-state index contributed by atoms with van der Waals surface area (Å²) in [4.78, 5) is 149. The maximum absolute atomic E-state index is 15.2. The van der Waals surface area contributed by atoms with Gasteiger partial charge in [-0.1, -0.05) is 12.1 Å². The number of fused-ring (bicyclic) bond motifs is 18. The molecule has 7 aromatic heterocycles. The zero-order valence-electron chi connectivity index (χ0n) is 59.1. The minimum absolute atomic E-state index is 0.00238. The van der Waals surface area contributed by atoms with Crippen molar-refractivity contribution in [2.24, 2.45) is 11.7 Å². The number of likely N-dealkylation sites (N-methyl/N-ethyl adjacent to an activating group) is 1. The summed E-state index contributed by atoms with van der Waals surface area (Å²) in [6.45, 7) is 5.96. The van der Waals surface area contributed by atoms with E-state index in [4.69, 9.17) is 49.1 Å². The summed E-state index contributed by atoms with van der Waals surface area (Å²) >= 11 is 4.35. The van der Waals surface area contributed by atoms with Crippen molar-refractivity contribution in [3.63, 3.8) is 0 Å². The second-order valence-electron chi connectivity index (χ2n) is 27.5. The number of primary amides is 1. The Labute approximate surface area is 640 Å². The summed E-state index contributed by atoms with van der Waals surface area (Å²) in [5.74, 6) is -9.52. The van der Waals surface area contributed by atoms with Crippen molar-refractivity contribution in [2.75, 3.05) is 53.2 Å². The lowest BCUT2D eigenvalue weighted by Gasteiger charge is -2.48. The normalized spacial score (nSPS) is 26.6. The number of esters is 2. The summed E-state index contributed by atoms with van der Waals surface area (Å²) < 4.78 is 66.0. The molecule has 0 radical (unpaired) electrons. The molecule has 1 aromatic carbocycles. The number of carbonyl (C=O) groups is 8. The number of benzene rings is 1. The first-order valence-corrected chi connectivity index (χ1v) is 40.3. The van der Waals surface area contributed by atoms with Crippen LogP contribution in [-0.2, 0) is 65.9 Å². The Kier molecular flexibility index (Phi) is 21.4. The number of nitrogens with two attached hydrogens (primary N) is 1. The van der Waals surface area contributed by atoms with Crippen molar-refractivity contribution in [1.82, 2.24) is 71.0 Å². The Bertz CT molecular complexity index is 5110. The maximum Gasteiger partial charge on any atom is 0.358 e. The smallest absolute Gasteiger partial charge is 0.358 e. The molecule has 15 rings (SSSR count). The van der Waals surface area contributed by atoms with Crippen LogP contribution in [0.5, 0.6) is 5.75 Å². The van der Waals surface area contributed by atoms with Crippen molar-refractivity contribution in [3.05, 3.63) is 112 Å². The van der Waals surface area contributed by atoms with Gasteiger partial charge in [0.25, 0.3) is 23.6 Å². The van der Waals surface area contributed by atoms with Gasteiger partial charge in [-0.2, -0.15) is 4.73 Å². The Morgan fingerprint density at radius 2 is 1.52 bits per heavy atom. The van der Waals surface area contributed by atoms with Crippen LogP contribution in [0.1, 0.15) is 138 Å². The number of hydrogen-bond acceptors (Lipinski definition) is 33. The molecule has 7 aliphatic heterocycles. The van der Waals surface area contributed by atoms with E-state index in [9.17, 15) is 48.1 Å². The van der Waals surface area contributed by atoms with Crippen LogP contribution in [0.4, 0.5) is 0 Å². The predicted molar refractivity (Wildman–Crippen MR) is 391 cm³/mol. The van der Waals surface area contributed by atoms with E-state index in [1.54, 1.807) is 45.0 Å². The van der Waals surface area contributed by atoms with Crippen LogP contribution in [0, 0.1) is 5.92 Å². The Balaban J connectivity index is 0.895. The second-order valence-corrected chi connectivity index (χ2v) is 34.1. The Hall–Kier alpha value is -9.37. The van der Waals surface area contributed by atoms with Crippen molar-refractivity contribution in [1.29, 1.82) is 0 Å². The molecule has 41 heteroatoms. The number of aromatic nitrogens is 7. The van der Waals surface area contributed by atoms with Crippen LogP contribution in [0.3, 0.4) is 0 Å². The van der Waals surface area contributed by atoms with Gasteiger partial charge in [0, 0.05) is 56.4 Å². The van der Waals surface area contributed by atoms with Gasteiger partial charge in [0.05, 0.1) is 54.1 Å². The number of cyclic esters (lactones) is 2. The maximum atomic E-state index is 15.2. The number of piperidine rings is 3. The topological polar surface area (TPSA) is 482 Å². The van der Waals surface area contributed by atoms with Gasteiger partial charge >= 0.3 is 11.9 Å². The van der Waals surface area contributed by atoms with Gasteiger partial charge in [-0.25, -0.2) is 47.9 Å². The molecule has 4 saturated heterocycles. The molecular weight excluding hydrogens is 1540 g/mol. The largest absolute Gasteiger partial charge is 0.506 e. The molecule has 6 amide bonds. The minimum atomic E-state index is -3.96. The van der Waals surface area contributed by atoms with Gasteiger partial charge in [-0.15, -0.1) is 56.7 Å². The zero-order chi connectivity index (χ0) is 77.4. The molecule has 576 valence electrons. The standard InChI is InChI=1S/C68H73N15O20S6/c1-27(84)46-60(91)79-47(28(2)98-7)63-74-39(25-106-63)59(90)80-50-52-53(103-44-16-68(4,94)54(81(5)6)29(3)102-44)67(93)100-18-31-9-8-10-41-45(31)33(19-99-52)51(83(41)95)66(92)101-20-34(70-56(87)36-24-108-65(50)76-36)62-72-35(21-105-62)48-32(61-73-38(22-104-61)58(89)78-46)15-42(85)49(77-48)64-75-37(23-107-64)57(88)71-40(55(69)86)26-109(96,97)43-17-82-13-11-30(43)12-14-82/h8-10,15,21-25,27,29-30,34,40,43-44,46,50,52-54,84-85,94-95H,11-14,16-20,26H2,1-7H3,(H2,69,86)(H,70,87)(H,71,88)(H,78,89)(H,79,91)(H,80,90)/t27?,29-,34?,40?,43?,44-,46?,50?,52?,53?,54?,68-/m0/s1. The van der Waals surface area contributed by atoms with E-state index in [0.29, 0.717) is 24.1 Å². The van der Waals surface area contributed by atoms with Gasteiger partial charge in [-0.05, 0) is 91.3 Å². The number of amides is 6. The molecule has 11 N–H and O–H groups in total. The van der Waals surface area contributed by atoms with E-state index in [-0.39, 0.29) is 116 Å². The minimum Gasteiger partial charge on any atom is -0.506 e. The number of rotatable bonds is 12. The third kappa shape index (κ3) is 15.1. The Morgan fingerprint density at radius 1 is 0.853 bits per heavy atom. The van der Waals surface area contributed by atoms with E-state index < -0.39 is 166 Å². The summed E-state index contributed by atoms with van der Waals surface area (Å²) in [7, 11) is 0.859. The second kappa shape index (κ2) is 30.5. The fourth-order valence-electron chi connectivity index (χ4n) is 14.6. The molecule has 9 unspecified atom stereocenters. The molecular formula is C68H73N15O20S6. The fourth-order valence-corrected chi connectivity index (χ4v) is 21.0. The first kappa shape index (κ1) is 76.4. The zero-order valence-corrected chi connectivity index (χ0v) is 64.0. The molecule has 14 heterocycles. The lowest BCUT2D eigenvalue weighted by Crippen LogP contribution is -2.62. The van der Waals surface area contributed by atoms with E-state index in [1.165, 1.54) is 60.0 Å². The highest BCUT2D eigenvalue weighted by Crippen LogP contribution is 2.44. The first-order valence-electron chi connectivity index (χ1n) is 34.2. The average Bonchev–Trinajstić information content (AvgIpc) is 1.74. The molecule has 109 heavy (non-hydrogen) atoms. The van der Waals surface area contributed by atoms with Crippen molar-refractivity contribution < 1.29 is 95.7 Å². The van der Waals surface area contributed by atoms with E-state index in [2.05, 4.69) is 41.5 Å². The van der Waals surface area contributed by atoms with Gasteiger partial charge in [-0.3, -0.25) is 28.8 Å². The van der Waals surface area contributed by atoms with Crippen LogP contribution in [0.25, 0.3) is 49.3 Å². The van der Waals surface area contributed by atoms with Crippen LogP contribution in [0.15, 0.2) is 56.9 Å². The summed E-state index contributed by atoms with van der Waals surface area (Å²) in [6.07, 6.45) is -6.31. The fraction of sp³-hybridized carbons (Fsp3) is 0.441. The summed E-state index contributed by atoms with van der Waals surface area (Å²) in [6, 6.07) is -1.15. The number of nitrogens with zero attached hydrogens (tertiary/aromatic N) is 9. The SMILES string of the molecule is COC(C)=C1NC(=O)C(C(C)O)NC(=O)c2csc(n2)-c2cc(O)c(-c3nc(C(=O)NC(CS(=O)(=O)C4CN5CCC4CC5)C(N)=O)cs3)nc2-c2csc(n2)C2COC(=O)c3c4c5c(cccc5n3O)COC(=O)C(O[C@H]3C[C@](C)(O)C(N(C)C)[C@H](C)O3)C(OC4)C(NC(=O)c3csc1n3)c1nc(cs1)C(=O)N2. The van der Waals surface area contributed by atoms with Gasteiger partial charge in [0.15, 0.2) is 27.9 Å². The number of nitrogens with one attached hydrogen (secondary N) is 5. The number of sulfone groups is 1. The van der Waals surface area contributed by atoms with Gasteiger partial charge < -0.3 is 91.1 Å². The summed E-state index contributed by atoms with van der Waals surface area (Å²) in [5.41, 5.74) is 2.44. The number of carbonyl (C=O) groups excluding carboxylic acids is 8. The number of methoxy groups -OCH3 is 1. The average molecular weight is 1610 g/mol. The third-order valence-electron chi connectivity index (χ3n) is 19.9. The number of thiazole rings is 5. The highest BCUT2D eigenvalue weighted by Gasteiger charge is 2.51. The first-order chi connectivity index (χ1) is 51.9. The molecule has 4 fully saturated rings. The quantitative estimate of drug-likeness (QED) is 0.0477. The van der Waals surface area contributed by atoms with Gasteiger partial charge in [0.1, 0.15) is 126 Å². The molecule has 0 aliphatic carbocycles. The molecule has 7 aliphatic rings. The van der Waals surface area contributed by atoms with Crippen LogP contribution >= 0.6 is 56.7 Å². The lowest BCUT2D eigenvalue weighted by molar-refractivity contribution is -0.280. The van der Waals surface area contributed by atoms with Crippen molar-refractivity contribution >= 4 is 131 Å². The number of hydrogen-bond donors (Lipinski definition) is 10. The summed E-state index contributed by atoms with van der Waals surface area (Å²) in [5, 5.41) is 67.0. The van der Waals surface area contributed by atoms with E-state index >= 15 is 19.2 Å². The number of pyridine rings is 1. The molecule has 0 saturated carbocycles. The van der Waals surface area contributed by atoms with Gasteiger partial charge in [0.2, 0.25) is 11.8 Å². The van der Waals surface area contributed by atoms with E-state index in [0.717, 1.165) is 69.8 Å². The van der Waals surface area contributed by atoms with Crippen molar-refractivity contribution in [3.8, 4) is 38.4 Å².